The Balaban J connectivity index is 4.27. The highest BCUT2D eigenvalue weighted by Crippen LogP contribution is 2.19. The molecule has 0 spiro atoms. The molecule has 0 fully saturated rings. The second kappa shape index (κ2) is 62.9. The van der Waals surface area contributed by atoms with E-state index >= 15 is 0 Å². The molecule has 434 valence electrons. The van der Waals surface area contributed by atoms with Gasteiger partial charge in [0, 0.05) is 19.3 Å². The van der Waals surface area contributed by atoms with E-state index in [1.54, 1.807) is 0 Å². The molecule has 6 nitrogen and oxygen atoms in total. The van der Waals surface area contributed by atoms with Crippen molar-refractivity contribution >= 4 is 17.9 Å². The maximum atomic E-state index is 12.7. The topological polar surface area (TPSA) is 78.9 Å². The van der Waals surface area contributed by atoms with Crippen LogP contribution in [0.3, 0.4) is 0 Å². The molecule has 0 aliphatic carbocycles. The first-order valence-corrected chi connectivity index (χ1v) is 33.5. The molecule has 0 N–H and O–H groups in total. The van der Waals surface area contributed by atoms with Crippen LogP contribution in [0.2, 0.25) is 0 Å². The highest BCUT2D eigenvalue weighted by atomic mass is 16.6. The number of unbranched alkanes of at least 4 members (excludes halogenated alkanes) is 51. The van der Waals surface area contributed by atoms with Gasteiger partial charge in [-0.15, -0.1) is 0 Å². The van der Waals surface area contributed by atoms with E-state index < -0.39 is 0 Å². The van der Waals surface area contributed by atoms with Gasteiger partial charge in [0.1, 0.15) is 19.8 Å². The lowest BCUT2D eigenvalue weighted by molar-refractivity contribution is -0.153. The van der Waals surface area contributed by atoms with E-state index in [-0.39, 0.29) is 43.6 Å². The fraction of sp³-hybridized carbons (Fsp3) is 0.955. The zero-order valence-corrected chi connectivity index (χ0v) is 50.0. The van der Waals surface area contributed by atoms with Crippen molar-refractivity contribution in [1.29, 1.82) is 0 Å². The van der Waals surface area contributed by atoms with Crippen molar-refractivity contribution in [3.63, 3.8) is 0 Å². The van der Waals surface area contributed by atoms with Gasteiger partial charge in [-0.3, -0.25) is 14.4 Å². The molecule has 0 aliphatic rings. The number of rotatable bonds is 63. The first kappa shape index (κ1) is 71.4. The zero-order chi connectivity index (χ0) is 52.9. The summed E-state index contributed by atoms with van der Waals surface area (Å²) in [5.74, 6) is -0.983. The van der Waals surface area contributed by atoms with Crippen LogP contribution in [-0.4, -0.2) is 37.7 Å². The number of hydrogen-bond acceptors (Lipinski definition) is 6. The highest BCUT2D eigenvalue weighted by molar-refractivity contribution is 5.70. The molecule has 0 unspecified atom stereocenters. The summed E-state index contributed by atoms with van der Waals surface area (Å²) >= 11 is 0. The highest BCUT2D eigenvalue weighted by Gasteiger charge is 2.18. The van der Waals surface area contributed by atoms with E-state index in [1.165, 1.54) is 308 Å². The van der Waals surface area contributed by atoms with Crippen molar-refractivity contribution in [2.24, 2.45) is 5.92 Å². The van der Waals surface area contributed by atoms with Gasteiger partial charge in [-0.25, -0.2) is 0 Å². The van der Waals surface area contributed by atoms with E-state index in [0.717, 1.165) is 38.5 Å². The van der Waals surface area contributed by atoms with Crippen molar-refractivity contribution in [3.05, 3.63) is 0 Å². The smallest absolute Gasteiger partial charge is 0.305 e. The largest absolute Gasteiger partial charge is 0.465 e. The molecule has 73 heavy (non-hydrogen) atoms. The molecule has 0 saturated carbocycles. The second-order valence-corrected chi connectivity index (χ2v) is 23.2. The Morgan fingerprint density at radius 3 is 0.466 bits per heavy atom. The van der Waals surface area contributed by atoms with Crippen molar-refractivity contribution in [3.8, 4) is 0 Å². The second-order valence-electron chi connectivity index (χ2n) is 23.2. The zero-order valence-electron chi connectivity index (χ0n) is 50.0. The van der Waals surface area contributed by atoms with E-state index in [1.807, 2.05) is 0 Å². The number of carbonyl (C=O) groups excluding carboxylic acids is 3. The summed E-state index contributed by atoms with van der Waals surface area (Å²) in [5.41, 5.74) is 0. The van der Waals surface area contributed by atoms with Crippen LogP contribution in [0.1, 0.15) is 387 Å². The Kier molecular flexibility index (Phi) is 61.6. The normalized spacial score (nSPS) is 11.5. The van der Waals surface area contributed by atoms with Crippen LogP contribution in [0.25, 0.3) is 0 Å². The Labute approximate surface area is 457 Å². The first-order chi connectivity index (χ1) is 36.0. The molecule has 0 aromatic heterocycles. The maximum Gasteiger partial charge on any atom is 0.305 e. The number of esters is 3. The van der Waals surface area contributed by atoms with Gasteiger partial charge in [0.05, 0.1) is 5.92 Å². The summed E-state index contributed by atoms with van der Waals surface area (Å²) in [5, 5.41) is 0. The average Bonchev–Trinajstić information content (AvgIpc) is 3.39. The molecule has 0 aliphatic heterocycles. The lowest BCUT2D eigenvalue weighted by atomic mass is 10.0. The number of carbonyl (C=O) groups is 3. The third kappa shape index (κ3) is 61.1. The van der Waals surface area contributed by atoms with Crippen molar-refractivity contribution in [2.45, 2.75) is 387 Å². The van der Waals surface area contributed by atoms with Gasteiger partial charge in [-0.1, -0.05) is 348 Å². The molecule has 6 heteroatoms. The standard InChI is InChI=1S/C67H130O6/c1-4-7-10-13-16-19-22-25-28-31-34-37-40-43-46-49-52-55-58-65(68)71-61-64(62-72-66(69)59-56-53-50-47-44-41-38-35-32-29-26-23-20-17-14-11-8-5-2)63-73-67(70)60-57-54-51-48-45-42-39-36-33-30-27-24-21-18-15-12-9-6-3/h64H,4-63H2,1-3H3. The van der Waals surface area contributed by atoms with E-state index in [2.05, 4.69) is 20.8 Å². The quantitative estimate of drug-likeness (QED) is 0.0343. The summed E-state index contributed by atoms with van der Waals surface area (Å²) in [7, 11) is 0. The van der Waals surface area contributed by atoms with Gasteiger partial charge in [-0.05, 0) is 19.3 Å². The van der Waals surface area contributed by atoms with Crippen LogP contribution in [0.4, 0.5) is 0 Å². The molecule has 0 bridgehead atoms. The van der Waals surface area contributed by atoms with Crippen molar-refractivity contribution < 1.29 is 28.6 Å². The summed E-state index contributed by atoms with van der Waals surface area (Å²) in [6.07, 6.45) is 72.4. The Morgan fingerprint density at radius 2 is 0.329 bits per heavy atom. The van der Waals surface area contributed by atoms with Gasteiger partial charge in [-0.2, -0.15) is 0 Å². The van der Waals surface area contributed by atoms with E-state index in [0.29, 0.717) is 19.3 Å². The monoisotopic (exact) mass is 1030 g/mol. The van der Waals surface area contributed by atoms with Crippen molar-refractivity contribution in [1.82, 2.24) is 0 Å². The molecule has 0 aromatic carbocycles. The molecule has 0 radical (unpaired) electrons. The van der Waals surface area contributed by atoms with Crippen LogP contribution in [-0.2, 0) is 28.6 Å². The van der Waals surface area contributed by atoms with Gasteiger partial charge in [0.15, 0.2) is 0 Å². The third-order valence-corrected chi connectivity index (χ3v) is 15.6. The predicted octanol–water partition coefficient (Wildman–Crippen LogP) is 22.5. The minimum absolute atomic E-state index is 0.108. The predicted molar refractivity (Wildman–Crippen MR) is 317 cm³/mol. The SMILES string of the molecule is CCCCCCCCCCCCCCCCCCCCC(=O)OCC(COC(=O)CCCCCCCCCCCCCCCCCCCC)COC(=O)CCCCCCCCCCCCCCCCCCCC. The van der Waals surface area contributed by atoms with Gasteiger partial charge >= 0.3 is 17.9 Å². The Morgan fingerprint density at radius 1 is 0.205 bits per heavy atom. The number of ether oxygens (including phenoxy) is 3. The summed E-state index contributed by atoms with van der Waals surface area (Å²) in [6, 6.07) is 0. The van der Waals surface area contributed by atoms with Gasteiger partial charge in [0.25, 0.3) is 0 Å². The average molecular weight is 1030 g/mol. The van der Waals surface area contributed by atoms with Crippen LogP contribution in [0.15, 0.2) is 0 Å². The van der Waals surface area contributed by atoms with Gasteiger partial charge in [0.2, 0.25) is 0 Å². The molecule has 0 rings (SSSR count). The fourth-order valence-corrected chi connectivity index (χ4v) is 10.5. The molecule has 0 saturated heterocycles. The first-order valence-electron chi connectivity index (χ1n) is 33.5. The summed E-state index contributed by atoms with van der Waals surface area (Å²) in [4.78, 5) is 38.2. The summed E-state index contributed by atoms with van der Waals surface area (Å²) < 4.78 is 17.0. The van der Waals surface area contributed by atoms with E-state index in [4.69, 9.17) is 14.2 Å². The van der Waals surface area contributed by atoms with Gasteiger partial charge < -0.3 is 14.2 Å². The fourth-order valence-electron chi connectivity index (χ4n) is 10.5. The van der Waals surface area contributed by atoms with E-state index in [9.17, 15) is 14.4 Å². The lowest BCUT2D eigenvalue weighted by Crippen LogP contribution is -2.26. The maximum absolute atomic E-state index is 12.7. The lowest BCUT2D eigenvalue weighted by Gasteiger charge is -2.17. The molecule has 0 atom stereocenters. The minimum atomic E-state index is -0.349. The minimum Gasteiger partial charge on any atom is -0.465 e. The van der Waals surface area contributed by atoms with Crippen molar-refractivity contribution in [2.75, 3.05) is 19.8 Å². The third-order valence-electron chi connectivity index (χ3n) is 15.6. The van der Waals surface area contributed by atoms with Crippen LogP contribution >= 0.6 is 0 Å². The number of hydrogen-bond donors (Lipinski definition) is 0. The molecule has 0 aromatic rings. The molecular weight excluding hydrogens is 901 g/mol. The van der Waals surface area contributed by atoms with Crippen LogP contribution in [0, 0.1) is 5.92 Å². The Hall–Kier alpha value is -1.59. The van der Waals surface area contributed by atoms with Crippen LogP contribution < -0.4 is 0 Å². The summed E-state index contributed by atoms with van der Waals surface area (Å²) in [6.45, 7) is 7.19. The molecular formula is C67H130O6. The Bertz CT molecular complexity index is 959. The molecule has 0 heterocycles. The van der Waals surface area contributed by atoms with Crippen LogP contribution in [0.5, 0.6) is 0 Å². The molecule has 0 amide bonds.